The highest BCUT2D eigenvalue weighted by Crippen LogP contribution is 2.11. The third-order valence-corrected chi connectivity index (χ3v) is 4.76. The number of likely N-dealkylation sites (tertiary alicyclic amines) is 1. The molecule has 0 unspecified atom stereocenters. The zero-order valence-electron chi connectivity index (χ0n) is 16.1. The first kappa shape index (κ1) is 21.6. The molecule has 1 fully saturated rings. The van der Waals surface area contributed by atoms with Gasteiger partial charge in [-0.2, -0.15) is 0 Å². The van der Waals surface area contributed by atoms with Crippen LogP contribution in [0.3, 0.4) is 0 Å². The summed E-state index contributed by atoms with van der Waals surface area (Å²) in [6.07, 6.45) is 5.28. The van der Waals surface area contributed by atoms with Crippen molar-refractivity contribution >= 4 is 29.9 Å². The molecule has 2 N–H and O–H groups in total. The van der Waals surface area contributed by atoms with Crippen molar-refractivity contribution in [3.8, 4) is 5.69 Å². The molecule has 148 valence electrons. The number of halogens is 1. The third kappa shape index (κ3) is 6.17. The quantitative estimate of drug-likeness (QED) is 0.375. The van der Waals surface area contributed by atoms with Gasteiger partial charge in [-0.1, -0.05) is 25.1 Å². The Labute approximate surface area is 178 Å². The highest BCUT2D eigenvalue weighted by molar-refractivity contribution is 14.0. The molecule has 0 atom stereocenters. The number of hydrogen-bond acceptors (Lipinski definition) is 4. The molecule has 7 nitrogen and oxygen atoms in total. The second kappa shape index (κ2) is 11.2. The number of guanidine groups is 1. The van der Waals surface area contributed by atoms with Crippen molar-refractivity contribution < 1.29 is 0 Å². The Morgan fingerprint density at radius 2 is 1.96 bits per heavy atom. The van der Waals surface area contributed by atoms with Crippen molar-refractivity contribution in [3.63, 3.8) is 0 Å². The van der Waals surface area contributed by atoms with E-state index in [2.05, 4.69) is 37.6 Å². The minimum absolute atomic E-state index is 0. The molecule has 1 aromatic heterocycles. The molecular formula is C19H30IN7. The van der Waals surface area contributed by atoms with Gasteiger partial charge in [0.25, 0.3) is 0 Å². The summed E-state index contributed by atoms with van der Waals surface area (Å²) in [4.78, 5) is 6.90. The lowest BCUT2D eigenvalue weighted by Gasteiger charge is -2.32. The summed E-state index contributed by atoms with van der Waals surface area (Å²) < 4.78 is 1.99. The minimum Gasteiger partial charge on any atom is -0.354 e. The highest BCUT2D eigenvalue weighted by Gasteiger charge is 2.19. The Bertz CT molecular complexity index is 693. The van der Waals surface area contributed by atoms with E-state index in [0.29, 0.717) is 12.6 Å². The van der Waals surface area contributed by atoms with Crippen LogP contribution in [-0.4, -0.2) is 58.3 Å². The molecule has 0 radical (unpaired) electrons. The maximum atomic E-state index is 4.36. The topological polar surface area (TPSA) is 70.4 Å². The predicted octanol–water partition coefficient (Wildman–Crippen LogP) is 2.42. The first-order valence-corrected chi connectivity index (χ1v) is 9.44. The zero-order chi connectivity index (χ0) is 18.2. The molecule has 0 saturated carbocycles. The largest absolute Gasteiger partial charge is 0.354 e. The number of nitrogens with one attached hydrogen (secondary N) is 2. The van der Waals surface area contributed by atoms with Crippen LogP contribution in [-0.2, 0) is 6.54 Å². The average Bonchev–Trinajstić information content (AvgIpc) is 3.16. The molecule has 3 rings (SSSR count). The van der Waals surface area contributed by atoms with E-state index in [0.717, 1.165) is 43.4 Å². The van der Waals surface area contributed by atoms with E-state index in [1.165, 1.54) is 13.0 Å². The second-order valence-electron chi connectivity index (χ2n) is 6.64. The Hall–Kier alpha value is -1.68. The average molecular weight is 483 g/mol. The maximum absolute atomic E-state index is 4.36. The molecule has 27 heavy (non-hydrogen) atoms. The molecule has 0 spiro atoms. The fraction of sp³-hybridized carbons (Fsp3) is 0.526. The van der Waals surface area contributed by atoms with Gasteiger partial charge in [-0.3, -0.25) is 9.56 Å². The van der Waals surface area contributed by atoms with Gasteiger partial charge in [0, 0.05) is 31.9 Å². The van der Waals surface area contributed by atoms with Gasteiger partial charge < -0.3 is 15.5 Å². The van der Waals surface area contributed by atoms with E-state index in [-0.39, 0.29) is 24.0 Å². The Morgan fingerprint density at radius 1 is 1.22 bits per heavy atom. The van der Waals surface area contributed by atoms with E-state index in [1.807, 2.05) is 41.9 Å². The van der Waals surface area contributed by atoms with Gasteiger partial charge in [-0.15, -0.1) is 34.2 Å². The van der Waals surface area contributed by atoms with Gasteiger partial charge in [0.2, 0.25) is 0 Å². The molecular weight excluding hydrogens is 453 g/mol. The number of piperidine rings is 1. The number of aliphatic imine (C=N–C) groups is 1. The summed E-state index contributed by atoms with van der Waals surface area (Å²) in [6.45, 7) is 6.33. The Morgan fingerprint density at radius 3 is 2.63 bits per heavy atom. The fourth-order valence-corrected chi connectivity index (χ4v) is 3.35. The summed E-state index contributed by atoms with van der Waals surface area (Å²) >= 11 is 0. The van der Waals surface area contributed by atoms with Crippen LogP contribution in [0.2, 0.25) is 0 Å². The molecule has 1 aliphatic rings. The van der Waals surface area contributed by atoms with Gasteiger partial charge in [-0.05, 0) is 37.9 Å². The van der Waals surface area contributed by atoms with E-state index in [4.69, 9.17) is 0 Å². The van der Waals surface area contributed by atoms with Crippen LogP contribution in [0.5, 0.6) is 0 Å². The number of benzene rings is 1. The summed E-state index contributed by atoms with van der Waals surface area (Å²) in [5, 5.41) is 15.2. The summed E-state index contributed by atoms with van der Waals surface area (Å²) in [5.74, 6) is 1.68. The van der Waals surface area contributed by atoms with Crippen LogP contribution >= 0.6 is 24.0 Å². The zero-order valence-corrected chi connectivity index (χ0v) is 18.5. The SMILES string of the molecule is CCCN1CCC(NC(=NC)NCc2nncn2-c2ccccc2)CC1.I. The fourth-order valence-electron chi connectivity index (χ4n) is 3.35. The van der Waals surface area contributed by atoms with E-state index < -0.39 is 0 Å². The summed E-state index contributed by atoms with van der Waals surface area (Å²) in [6, 6.07) is 10.6. The molecule has 1 aromatic carbocycles. The van der Waals surface area contributed by atoms with E-state index in [9.17, 15) is 0 Å². The lowest BCUT2D eigenvalue weighted by Crippen LogP contribution is -2.48. The lowest BCUT2D eigenvalue weighted by atomic mass is 10.1. The van der Waals surface area contributed by atoms with Gasteiger partial charge in [0.05, 0.1) is 6.54 Å². The van der Waals surface area contributed by atoms with Gasteiger partial charge >= 0.3 is 0 Å². The van der Waals surface area contributed by atoms with Crippen LogP contribution < -0.4 is 10.6 Å². The molecule has 0 bridgehead atoms. The number of nitrogens with zero attached hydrogens (tertiary/aromatic N) is 5. The van der Waals surface area contributed by atoms with E-state index >= 15 is 0 Å². The third-order valence-electron chi connectivity index (χ3n) is 4.76. The van der Waals surface area contributed by atoms with Gasteiger partial charge in [0.1, 0.15) is 6.33 Å². The monoisotopic (exact) mass is 483 g/mol. The van der Waals surface area contributed by atoms with Crippen molar-refractivity contribution in [3.05, 3.63) is 42.5 Å². The molecule has 8 heteroatoms. The van der Waals surface area contributed by atoms with Crippen LogP contribution in [0.15, 0.2) is 41.7 Å². The summed E-state index contributed by atoms with van der Waals surface area (Å²) in [5.41, 5.74) is 1.06. The van der Waals surface area contributed by atoms with Crippen molar-refractivity contribution in [1.29, 1.82) is 0 Å². The highest BCUT2D eigenvalue weighted by atomic mass is 127. The van der Waals surface area contributed by atoms with Gasteiger partial charge in [0.15, 0.2) is 11.8 Å². The molecule has 1 aliphatic heterocycles. The minimum atomic E-state index is 0. The van der Waals surface area contributed by atoms with Crippen LogP contribution in [0, 0.1) is 0 Å². The Balaban J connectivity index is 0.00000261. The predicted molar refractivity (Wildman–Crippen MR) is 120 cm³/mol. The van der Waals surface area contributed by atoms with Crippen LogP contribution in [0.25, 0.3) is 5.69 Å². The van der Waals surface area contributed by atoms with E-state index in [1.54, 1.807) is 6.33 Å². The number of hydrogen-bond donors (Lipinski definition) is 2. The lowest BCUT2D eigenvalue weighted by molar-refractivity contribution is 0.206. The first-order valence-electron chi connectivity index (χ1n) is 9.44. The van der Waals surface area contributed by atoms with Crippen molar-refractivity contribution in [1.82, 2.24) is 30.3 Å². The van der Waals surface area contributed by atoms with Crippen molar-refractivity contribution in [2.24, 2.45) is 4.99 Å². The smallest absolute Gasteiger partial charge is 0.191 e. The molecule has 2 heterocycles. The molecule has 2 aromatic rings. The second-order valence-corrected chi connectivity index (χ2v) is 6.64. The maximum Gasteiger partial charge on any atom is 0.191 e. The first-order chi connectivity index (χ1) is 12.8. The number of aromatic nitrogens is 3. The van der Waals surface area contributed by atoms with Crippen molar-refractivity contribution in [2.75, 3.05) is 26.7 Å². The normalized spacial score (nSPS) is 16.0. The summed E-state index contributed by atoms with van der Waals surface area (Å²) in [7, 11) is 1.81. The van der Waals surface area contributed by atoms with Gasteiger partial charge in [-0.25, -0.2) is 0 Å². The standard InChI is InChI=1S/C19H29N7.HI/c1-3-11-25-12-9-16(10-13-25)23-19(20-2)21-14-18-24-22-15-26(18)17-7-5-4-6-8-17;/h4-8,15-16H,3,9-14H2,1-2H3,(H2,20,21,23);1H. The Kier molecular flexibility index (Phi) is 8.99. The van der Waals surface area contributed by atoms with Crippen molar-refractivity contribution in [2.45, 2.75) is 38.8 Å². The van der Waals surface area contributed by atoms with Crippen LogP contribution in [0.4, 0.5) is 0 Å². The molecule has 1 saturated heterocycles. The van der Waals surface area contributed by atoms with Crippen LogP contribution in [0.1, 0.15) is 32.0 Å². The number of rotatable bonds is 6. The number of para-hydroxylation sites is 1. The molecule has 0 amide bonds. The molecule has 0 aliphatic carbocycles.